The van der Waals surface area contributed by atoms with E-state index in [9.17, 15) is 27.9 Å². The second-order valence-electron chi connectivity index (χ2n) is 8.80. The number of nitrogens with one attached hydrogen (secondary N) is 2. The molecule has 0 aromatic heterocycles. The zero-order valence-electron chi connectivity index (χ0n) is 21.9. The first-order chi connectivity index (χ1) is 19.4. The minimum absolute atomic E-state index is 0. The number of esters is 1. The van der Waals surface area contributed by atoms with Crippen LogP contribution in [0.1, 0.15) is 22.8 Å². The number of carbonyl (C=O) groups excluding carboxylic acids is 3. The van der Waals surface area contributed by atoms with E-state index in [2.05, 4.69) is 10.6 Å². The Morgan fingerprint density at radius 2 is 1.71 bits per heavy atom. The fourth-order valence-electron chi connectivity index (χ4n) is 4.16. The summed E-state index contributed by atoms with van der Waals surface area (Å²) in [7, 11) is -4.18. The summed E-state index contributed by atoms with van der Waals surface area (Å²) in [5.74, 6) is -3.22. The van der Waals surface area contributed by atoms with Crippen LogP contribution in [0.3, 0.4) is 0 Å². The van der Waals surface area contributed by atoms with Gasteiger partial charge >= 0.3 is 0 Å². The fourth-order valence-corrected chi connectivity index (χ4v) is 6.21. The smallest absolute Gasteiger partial charge is 0.255 e. The Labute approximate surface area is 290 Å². The third kappa shape index (κ3) is 7.81. The average molecular weight is 781 g/mol. The second kappa shape index (κ2) is 14.5. The molecule has 1 radical (unpaired) electrons. The van der Waals surface area contributed by atoms with Gasteiger partial charge in [0.05, 0.1) is 38.7 Å². The molecule has 0 fully saturated rings. The first-order valence-electron chi connectivity index (χ1n) is 12.1. The molecule has 0 spiro atoms. The van der Waals surface area contributed by atoms with Crippen LogP contribution in [0.4, 0.5) is 17.1 Å². The van der Waals surface area contributed by atoms with Crippen LogP contribution in [0.2, 0.25) is 15.1 Å². The van der Waals surface area contributed by atoms with Crippen molar-refractivity contribution in [1.82, 2.24) is 0 Å². The molecule has 4 rings (SSSR count). The van der Waals surface area contributed by atoms with Crippen molar-refractivity contribution in [2.45, 2.75) is 19.4 Å². The molecule has 15 heteroatoms. The van der Waals surface area contributed by atoms with Gasteiger partial charge in [0.2, 0.25) is 15.9 Å². The van der Waals surface area contributed by atoms with E-state index in [-0.39, 0.29) is 86.3 Å². The van der Waals surface area contributed by atoms with Crippen molar-refractivity contribution in [3.8, 4) is 5.75 Å². The van der Waals surface area contributed by atoms with Gasteiger partial charge in [0.15, 0.2) is 5.97 Å². The van der Waals surface area contributed by atoms with Crippen molar-refractivity contribution in [3.05, 3.63) is 87.2 Å². The molecule has 10 nitrogen and oxygen atoms in total. The van der Waals surface area contributed by atoms with Gasteiger partial charge in [-0.15, -0.1) is 0 Å². The fraction of sp³-hybridized carbons (Fsp3) is 0.185. The van der Waals surface area contributed by atoms with E-state index in [4.69, 9.17) is 39.5 Å². The van der Waals surface area contributed by atoms with Crippen molar-refractivity contribution < 1.29 is 73.9 Å². The number of rotatable bonds is 9. The number of hydrogen-bond donors (Lipinski definition) is 3. The van der Waals surface area contributed by atoms with Gasteiger partial charge in [-0.05, 0) is 48.6 Å². The number of anilines is 3. The Morgan fingerprint density at radius 3 is 2.40 bits per heavy atom. The number of ether oxygens (including phenoxy) is 1. The number of amides is 2. The van der Waals surface area contributed by atoms with E-state index in [1.807, 2.05) is 0 Å². The Kier molecular flexibility index (Phi) is 11.8. The zero-order valence-corrected chi connectivity index (χ0v) is 28.7. The van der Waals surface area contributed by atoms with Crippen molar-refractivity contribution >= 4 is 79.7 Å². The summed E-state index contributed by atoms with van der Waals surface area (Å²) in [5.41, 5.74) is 1.03. The first-order valence-corrected chi connectivity index (χ1v) is 14.8. The topological polar surface area (TPSA) is 142 Å². The number of hydrogen-bond acceptors (Lipinski definition) is 7. The number of aromatic hydroxyl groups is 1. The van der Waals surface area contributed by atoms with Gasteiger partial charge < -0.3 is 20.5 Å². The van der Waals surface area contributed by atoms with E-state index < -0.39 is 45.4 Å². The van der Waals surface area contributed by atoms with Gasteiger partial charge in [0.1, 0.15) is 11.8 Å². The second-order valence-corrected chi connectivity index (χ2v) is 11.9. The molecule has 3 aromatic carbocycles. The molecule has 2 amide bonds. The van der Waals surface area contributed by atoms with E-state index in [0.717, 1.165) is 16.8 Å². The Balaban J connectivity index is 0.00000484. The predicted octanol–water partition coefficient (Wildman–Crippen LogP) is 5.07. The summed E-state index contributed by atoms with van der Waals surface area (Å²) in [6, 6.07) is 12.0. The van der Waals surface area contributed by atoms with Gasteiger partial charge in [-0.3, -0.25) is 25.1 Å². The normalized spacial score (nSPS) is 13.9. The molecule has 1 atom stereocenters. The average Bonchev–Trinajstić information content (AvgIpc) is 3.33. The number of fused-ring (bicyclic) bond motifs is 1. The number of sulfonamides is 1. The maximum absolute atomic E-state index is 13.4. The molecular formula is C27H23Cl3N3O7PrS-. The first kappa shape index (κ1) is 34.2. The van der Waals surface area contributed by atoms with Crippen molar-refractivity contribution in [2.75, 3.05) is 27.3 Å². The molecule has 0 aliphatic carbocycles. The van der Waals surface area contributed by atoms with Crippen LogP contribution in [0.15, 0.2) is 54.6 Å². The SMILES string of the molecule is CCOC(=O)[CH-]CS(=O)(=O)N1c2ccccc2CC1C(=O)Nc1cc(O)c(NC(=O)c2ccc(Cl)c(Cl)c2)cc1Cl.[Pr]. The number of para-hydroxylation sites is 1. The van der Waals surface area contributed by atoms with Crippen molar-refractivity contribution in [3.63, 3.8) is 0 Å². The molecular weight excluding hydrogens is 758 g/mol. The molecule has 3 aromatic rings. The number of halogens is 3. The van der Waals surface area contributed by atoms with E-state index in [1.54, 1.807) is 31.2 Å². The third-order valence-electron chi connectivity index (χ3n) is 6.05. The minimum atomic E-state index is -4.18. The molecule has 219 valence electrons. The van der Waals surface area contributed by atoms with Gasteiger partial charge in [0.25, 0.3) is 5.91 Å². The molecule has 1 aliphatic heterocycles. The number of nitrogens with zero attached hydrogens (tertiary/aromatic N) is 1. The summed E-state index contributed by atoms with van der Waals surface area (Å²) >= 11 is 18.2. The summed E-state index contributed by atoms with van der Waals surface area (Å²) < 4.78 is 32.3. The number of phenolic OH excluding ortho intramolecular Hbond substituents is 1. The van der Waals surface area contributed by atoms with E-state index in [1.165, 1.54) is 24.3 Å². The van der Waals surface area contributed by atoms with Gasteiger partial charge in [-0.1, -0.05) is 53.0 Å². The molecule has 0 saturated heterocycles. The van der Waals surface area contributed by atoms with Crippen molar-refractivity contribution in [1.29, 1.82) is 0 Å². The number of carbonyl (C=O) groups is 3. The van der Waals surface area contributed by atoms with E-state index in [0.29, 0.717) is 11.3 Å². The van der Waals surface area contributed by atoms with Crippen LogP contribution in [0.5, 0.6) is 5.75 Å². The molecule has 0 bridgehead atoms. The Morgan fingerprint density at radius 1 is 1.00 bits per heavy atom. The Hall–Kier alpha value is -2.28. The maximum atomic E-state index is 13.4. The van der Waals surface area contributed by atoms with E-state index >= 15 is 0 Å². The van der Waals surface area contributed by atoms with Crippen LogP contribution in [-0.2, 0) is 30.8 Å². The monoisotopic (exact) mass is 779 g/mol. The molecule has 1 heterocycles. The van der Waals surface area contributed by atoms with Crippen LogP contribution >= 0.6 is 34.8 Å². The van der Waals surface area contributed by atoms with Crippen molar-refractivity contribution in [2.24, 2.45) is 0 Å². The molecule has 42 heavy (non-hydrogen) atoms. The van der Waals surface area contributed by atoms with Gasteiger partial charge in [-0.25, -0.2) is 8.42 Å². The predicted molar refractivity (Wildman–Crippen MR) is 157 cm³/mol. The summed E-state index contributed by atoms with van der Waals surface area (Å²) in [5, 5.41) is 16.0. The van der Waals surface area contributed by atoms with Gasteiger partial charge in [-0.2, -0.15) is 0 Å². The summed E-state index contributed by atoms with van der Waals surface area (Å²) in [4.78, 5) is 37.8. The standard InChI is InChI=1S/C27H23Cl3N3O7S.Pr/c1-2-40-25(35)9-10-41(38,39)33-22-6-4-3-5-15(22)12-23(33)27(37)31-20-14-24(34)21(13-19(20)30)32-26(36)16-7-8-17(28)18(29)11-16;/h3-9,11,13-14,23,34H,2,10,12H2,1H3,(H,31,37)(H,32,36);/q-1;. The minimum Gasteiger partial charge on any atom is -0.506 e. The Bertz CT molecular complexity index is 1640. The van der Waals surface area contributed by atoms with Crippen LogP contribution in [0.25, 0.3) is 0 Å². The number of phenols is 1. The number of benzene rings is 3. The molecule has 0 saturated carbocycles. The molecule has 1 unspecified atom stereocenters. The summed E-state index contributed by atoms with van der Waals surface area (Å²) in [6.07, 6.45) is 0.955. The largest absolute Gasteiger partial charge is 0.506 e. The van der Waals surface area contributed by atoms with Crippen LogP contribution in [-0.4, -0.2) is 49.7 Å². The molecule has 1 aliphatic rings. The zero-order chi connectivity index (χ0) is 29.9. The molecule has 3 N–H and O–H groups in total. The quantitative estimate of drug-likeness (QED) is 0.157. The van der Waals surface area contributed by atoms with Crippen LogP contribution < -0.4 is 14.9 Å². The van der Waals surface area contributed by atoms with Crippen LogP contribution in [0, 0.1) is 47.7 Å². The third-order valence-corrected chi connectivity index (χ3v) is 8.74. The maximum Gasteiger partial charge on any atom is 0.255 e. The summed E-state index contributed by atoms with van der Waals surface area (Å²) in [6.45, 7) is 1.68. The van der Waals surface area contributed by atoms with Gasteiger partial charge in [0, 0.05) is 59.3 Å².